The lowest BCUT2D eigenvalue weighted by molar-refractivity contribution is -0.145. The molecule has 1 saturated carbocycles. The summed E-state index contributed by atoms with van der Waals surface area (Å²) in [6.45, 7) is 4.16. The maximum absolute atomic E-state index is 11.3. The van der Waals surface area contributed by atoms with Crippen LogP contribution in [0.2, 0.25) is 0 Å². The van der Waals surface area contributed by atoms with E-state index in [1.54, 1.807) is 6.20 Å². The van der Waals surface area contributed by atoms with Crippen molar-refractivity contribution in [3.05, 3.63) is 18.0 Å². The molecule has 4 heteroatoms. The Hall–Kier alpha value is -1.32. The van der Waals surface area contributed by atoms with E-state index in [-0.39, 0.29) is 12.0 Å². The number of carboxylic acid groups (broad SMARTS) is 1. The van der Waals surface area contributed by atoms with Crippen molar-refractivity contribution in [3.63, 3.8) is 0 Å². The van der Waals surface area contributed by atoms with Crippen LogP contribution in [0.15, 0.2) is 12.4 Å². The molecule has 0 saturated heterocycles. The van der Waals surface area contributed by atoms with Crippen molar-refractivity contribution < 1.29 is 9.90 Å². The Labute approximate surface area is 102 Å². The first-order valence-corrected chi connectivity index (χ1v) is 6.35. The highest BCUT2D eigenvalue weighted by molar-refractivity contribution is 5.70. The summed E-state index contributed by atoms with van der Waals surface area (Å²) in [5.74, 6) is -0.324. The Morgan fingerprint density at radius 3 is 2.88 bits per heavy atom. The predicted molar refractivity (Wildman–Crippen MR) is 64.8 cm³/mol. The molecular formula is C13H20N2O2. The largest absolute Gasteiger partial charge is 0.481 e. The van der Waals surface area contributed by atoms with Crippen molar-refractivity contribution in [2.75, 3.05) is 0 Å². The SMILES string of the molecule is CCC1CCC(C(=O)O)C(n2cc(C)cn2)C1. The Morgan fingerprint density at radius 1 is 1.59 bits per heavy atom. The molecule has 1 N–H and O–H groups in total. The van der Waals surface area contributed by atoms with E-state index >= 15 is 0 Å². The molecule has 17 heavy (non-hydrogen) atoms. The lowest BCUT2D eigenvalue weighted by Gasteiger charge is -2.33. The smallest absolute Gasteiger partial charge is 0.308 e. The highest BCUT2D eigenvalue weighted by atomic mass is 16.4. The van der Waals surface area contributed by atoms with Gasteiger partial charge in [0.2, 0.25) is 0 Å². The van der Waals surface area contributed by atoms with Gasteiger partial charge in [-0.05, 0) is 37.7 Å². The molecule has 1 heterocycles. The molecule has 3 unspecified atom stereocenters. The van der Waals surface area contributed by atoms with Crippen LogP contribution >= 0.6 is 0 Å². The minimum Gasteiger partial charge on any atom is -0.481 e. The van der Waals surface area contributed by atoms with Gasteiger partial charge < -0.3 is 5.11 Å². The lowest BCUT2D eigenvalue weighted by atomic mass is 9.77. The van der Waals surface area contributed by atoms with Crippen molar-refractivity contribution >= 4 is 5.97 Å². The Bertz CT molecular complexity index is 400. The molecule has 3 atom stereocenters. The van der Waals surface area contributed by atoms with Crippen molar-refractivity contribution in [2.45, 2.75) is 45.6 Å². The summed E-state index contributed by atoms with van der Waals surface area (Å²) in [6, 6.07) is 0.0277. The summed E-state index contributed by atoms with van der Waals surface area (Å²) < 4.78 is 1.86. The molecule has 4 nitrogen and oxygen atoms in total. The van der Waals surface area contributed by atoms with Gasteiger partial charge in [0.25, 0.3) is 0 Å². The molecule has 1 aromatic rings. The summed E-state index contributed by atoms with van der Waals surface area (Å²) in [5.41, 5.74) is 1.09. The number of carbonyl (C=O) groups is 1. The fourth-order valence-electron chi connectivity index (χ4n) is 2.80. The van der Waals surface area contributed by atoms with E-state index in [1.165, 1.54) is 0 Å². The Kier molecular flexibility index (Phi) is 3.50. The number of carboxylic acids is 1. The van der Waals surface area contributed by atoms with Crippen LogP contribution in [-0.4, -0.2) is 20.9 Å². The van der Waals surface area contributed by atoms with Gasteiger partial charge in [-0.15, -0.1) is 0 Å². The van der Waals surface area contributed by atoms with Crippen LogP contribution in [0.5, 0.6) is 0 Å². The van der Waals surface area contributed by atoms with Crippen molar-refractivity contribution in [3.8, 4) is 0 Å². The first-order chi connectivity index (χ1) is 8.11. The van der Waals surface area contributed by atoms with E-state index in [4.69, 9.17) is 0 Å². The zero-order valence-corrected chi connectivity index (χ0v) is 10.5. The highest BCUT2D eigenvalue weighted by Gasteiger charge is 2.35. The van der Waals surface area contributed by atoms with Crippen molar-refractivity contribution in [1.82, 2.24) is 9.78 Å². The second-order valence-electron chi connectivity index (χ2n) is 5.10. The van der Waals surface area contributed by atoms with Crippen LogP contribution in [0, 0.1) is 18.8 Å². The van der Waals surface area contributed by atoms with Gasteiger partial charge in [0.1, 0.15) is 0 Å². The summed E-state index contributed by atoms with van der Waals surface area (Å²) in [7, 11) is 0. The molecular weight excluding hydrogens is 216 g/mol. The molecule has 1 aliphatic rings. The van der Waals surface area contributed by atoms with Gasteiger partial charge in [0.05, 0.1) is 18.2 Å². The van der Waals surface area contributed by atoms with Gasteiger partial charge in [0.15, 0.2) is 0 Å². The second kappa shape index (κ2) is 4.90. The van der Waals surface area contributed by atoms with Gasteiger partial charge in [0, 0.05) is 6.20 Å². The molecule has 1 aromatic heterocycles. The molecule has 1 aliphatic carbocycles. The third-order valence-corrected chi connectivity index (χ3v) is 3.89. The molecule has 0 aliphatic heterocycles. The molecule has 0 aromatic carbocycles. The number of rotatable bonds is 3. The van der Waals surface area contributed by atoms with E-state index in [1.807, 2.05) is 17.8 Å². The molecule has 2 rings (SSSR count). The second-order valence-corrected chi connectivity index (χ2v) is 5.10. The molecule has 0 amide bonds. The van der Waals surface area contributed by atoms with E-state index in [0.29, 0.717) is 5.92 Å². The average molecular weight is 236 g/mol. The monoisotopic (exact) mass is 236 g/mol. The van der Waals surface area contributed by atoms with Gasteiger partial charge in [-0.3, -0.25) is 9.48 Å². The number of hydrogen-bond acceptors (Lipinski definition) is 2. The van der Waals surface area contributed by atoms with Crippen LogP contribution in [0.1, 0.15) is 44.2 Å². The standard InChI is InChI=1S/C13H20N2O2/c1-3-10-4-5-11(13(16)17)12(6-10)15-8-9(2)7-14-15/h7-8,10-12H,3-6H2,1-2H3,(H,16,17). The van der Waals surface area contributed by atoms with E-state index in [2.05, 4.69) is 12.0 Å². The fraction of sp³-hybridized carbons (Fsp3) is 0.692. The Balaban J connectivity index is 2.21. The predicted octanol–water partition coefficient (Wildman–Crippen LogP) is 2.64. The molecule has 0 spiro atoms. The van der Waals surface area contributed by atoms with Gasteiger partial charge >= 0.3 is 5.97 Å². The van der Waals surface area contributed by atoms with Crippen molar-refractivity contribution in [2.24, 2.45) is 11.8 Å². The minimum atomic E-state index is -0.683. The highest BCUT2D eigenvalue weighted by Crippen LogP contribution is 2.38. The van der Waals surface area contributed by atoms with Crippen LogP contribution in [-0.2, 0) is 4.79 Å². The quantitative estimate of drug-likeness (QED) is 0.877. The number of aliphatic carboxylic acids is 1. The van der Waals surface area contributed by atoms with Crippen LogP contribution in [0.3, 0.4) is 0 Å². The van der Waals surface area contributed by atoms with E-state index < -0.39 is 5.97 Å². The minimum absolute atomic E-state index is 0.0277. The average Bonchev–Trinajstić information content (AvgIpc) is 2.75. The van der Waals surface area contributed by atoms with Crippen LogP contribution < -0.4 is 0 Å². The fourth-order valence-corrected chi connectivity index (χ4v) is 2.80. The normalized spacial score (nSPS) is 29.2. The third kappa shape index (κ3) is 2.51. The van der Waals surface area contributed by atoms with Crippen LogP contribution in [0.25, 0.3) is 0 Å². The van der Waals surface area contributed by atoms with E-state index in [0.717, 1.165) is 31.2 Å². The Morgan fingerprint density at radius 2 is 2.35 bits per heavy atom. The zero-order chi connectivity index (χ0) is 12.4. The number of aryl methyl sites for hydroxylation is 1. The van der Waals surface area contributed by atoms with Gasteiger partial charge in [-0.25, -0.2) is 0 Å². The third-order valence-electron chi connectivity index (χ3n) is 3.89. The number of hydrogen-bond donors (Lipinski definition) is 1. The topological polar surface area (TPSA) is 55.1 Å². The maximum atomic E-state index is 11.3. The van der Waals surface area contributed by atoms with Gasteiger partial charge in [-0.2, -0.15) is 5.10 Å². The van der Waals surface area contributed by atoms with Gasteiger partial charge in [-0.1, -0.05) is 13.3 Å². The molecule has 94 valence electrons. The molecule has 0 radical (unpaired) electrons. The summed E-state index contributed by atoms with van der Waals surface area (Å²) >= 11 is 0. The summed E-state index contributed by atoms with van der Waals surface area (Å²) in [6.07, 6.45) is 7.63. The zero-order valence-electron chi connectivity index (χ0n) is 10.5. The molecule has 0 bridgehead atoms. The van der Waals surface area contributed by atoms with E-state index in [9.17, 15) is 9.90 Å². The molecule has 1 fully saturated rings. The number of aromatic nitrogens is 2. The first kappa shape index (κ1) is 12.1. The lowest BCUT2D eigenvalue weighted by Crippen LogP contribution is -2.32. The number of nitrogens with zero attached hydrogens (tertiary/aromatic N) is 2. The van der Waals surface area contributed by atoms with Crippen LogP contribution in [0.4, 0.5) is 0 Å². The summed E-state index contributed by atoms with van der Waals surface area (Å²) in [4.78, 5) is 11.3. The van der Waals surface area contributed by atoms with Crippen molar-refractivity contribution in [1.29, 1.82) is 0 Å². The maximum Gasteiger partial charge on any atom is 0.308 e. The summed E-state index contributed by atoms with van der Waals surface area (Å²) in [5, 5.41) is 13.6. The first-order valence-electron chi connectivity index (χ1n) is 6.35.